The van der Waals surface area contributed by atoms with E-state index in [4.69, 9.17) is 4.74 Å². The summed E-state index contributed by atoms with van der Waals surface area (Å²) in [6.07, 6.45) is 0.758. The molecule has 26 heavy (non-hydrogen) atoms. The minimum Gasteiger partial charge on any atom is -0.497 e. The molecule has 2 aromatic carbocycles. The Hall–Kier alpha value is -2.47. The lowest BCUT2D eigenvalue weighted by Gasteiger charge is -2.07. The van der Waals surface area contributed by atoms with Gasteiger partial charge in [0.05, 0.1) is 18.6 Å². The van der Waals surface area contributed by atoms with Crippen LogP contribution < -0.4 is 15.4 Å². The molecule has 0 radical (unpaired) electrons. The molecule has 0 unspecified atom stereocenters. The van der Waals surface area contributed by atoms with Crippen LogP contribution in [0.3, 0.4) is 0 Å². The number of rotatable bonds is 9. The van der Waals surface area contributed by atoms with Crippen LogP contribution in [0.15, 0.2) is 48.5 Å². The fraction of sp³-hybridized carbons (Fsp3) is 0.300. The topological polar surface area (TPSA) is 67.4 Å². The minimum atomic E-state index is -0.107. The quantitative estimate of drug-likeness (QED) is 0.710. The maximum atomic E-state index is 11.9. The number of anilines is 1. The number of hydrogen-bond acceptors (Lipinski definition) is 4. The summed E-state index contributed by atoms with van der Waals surface area (Å²) in [5.74, 6) is 1.17. The number of carbonyl (C=O) groups excluding carboxylic acids is 2. The van der Waals surface area contributed by atoms with Crippen molar-refractivity contribution in [3.63, 3.8) is 0 Å². The van der Waals surface area contributed by atoms with Crippen LogP contribution >= 0.6 is 11.8 Å². The molecule has 0 spiro atoms. The van der Waals surface area contributed by atoms with Gasteiger partial charge in [-0.05, 0) is 43.2 Å². The number of carbonyl (C=O) groups is 2. The van der Waals surface area contributed by atoms with E-state index in [1.807, 2.05) is 55.5 Å². The van der Waals surface area contributed by atoms with Gasteiger partial charge in [-0.2, -0.15) is 0 Å². The third-order valence-electron chi connectivity index (χ3n) is 3.70. The van der Waals surface area contributed by atoms with E-state index in [-0.39, 0.29) is 23.3 Å². The van der Waals surface area contributed by atoms with Gasteiger partial charge in [0.25, 0.3) is 0 Å². The average Bonchev–Trinajstić information content (AvgIpc) is 2.64. The molecular formula is C20H24N2O3S. The normalized spacial score (nSPS) is 10.2. The number of thioether (sulfide) groups is 1. The third-order valence-corrected chi connectivity index (χ3v) is 4.63. The van der Waals surface area contributed by atoms with E-state index in [1.54, 1.807) is 7.11 Å². The fourth-order valence-electron chi connectivity index (χ4n) is 2.26. The van der Waals surface area contributed by atoms with Gasteiger partial charge < -0.3 is 15.4 Å². The van der Waals surface area contributed by atoms with Gasteiger partial charge >= 0.3 is 0 Å². The number of amides is 2. The highest BCUT2D eigenvalue weighted by Gasteiger charge is 2.06. The fourth-order valence-corrected chi connectivity index (χ4v) is 2.91. The monoisotopic (exact) mass is 372 g/mol. The predicted molar refractivity (Wildman–Crippen MR) is 107 cm³/mol. The van der Waals surface area contributed by atoms with Crippen molar-refractivity contribution in [2.24, 2.45) is 0 Å². The first-order valence-electron chi connectivity index (χ1n) is 8.40. The highest BCUT2D eigenvalue weighted by atomic mass is 32.2. The zero-order valence-corrected chi connectivity index (χ0v) is 15.9. The van der Waals surface area contributed by atoms with E-state index < -0.39 is 0 Å². The highest BCUT2D eigenvalue weighted by molar-refractivity contribution is 8.00. The molecule has 138 valence electrons. The summed E-state index contributed by atoms with van der Waals surface area (Å²) in [5, 5.41) is 5.68. The third kappa shape index (κ3) is 7.19. The molecular weight excluding hydrogens is 348 g/mol. The van der Waals surface area contributed by atoms with Crippen LogP contribution in [-0.4, -0.2) is 37.0 Å². The maximum Gasteiger partial charge on any atom is 0.234 e. The first-order chi connectivity index (χ1) is 12.6. The Balaban J connectivity index is 1.59. The first-order valence-corrected chi connectivity index (χ1v) is 9.56. The van der Waals surface area contributed by atoms with E-state index in [1.165, 1.54) is 11.8 Å². The van der Waals surface area contributed by atoms with Crippen LogP contribution in [0.2, 0.25) is 0 Å². The summed E-state index contributed by atoms with van der Waals surface area (Å²) in [6, 6.07) is 15.4. The van der Waals surface area contributed by atoms with Crippen LogP contribution in [0.25, 0.3) is 0 Å². The van der Waals surface area contributed by atoms with Crippen LogP contribution in [0.1, 0.15) is 11.1 Å². The van der Waals surface area contributed by atoms with Crippen molar-refractivity contribution in [3.05, 3.63) is 59.7 Å². The standard InChI is InChI=1S/C20H24N2O3S/c1-15-3-7-17(8-4-15)22-20(24)14-26-13-19(23)21-12-11-16-5-9-18(25-2)10-6-16/h3-10H,11-14H2,1-2H3,(H,21,23)(H,22,24). The summed E-state index contributed by atoms with van der Waals surface area (Å²) in [5.41, 5.74) is 3.05. The number of ether oxygens (including phenoxy) is 1. The van der Waals surface area contributed by atoms with Gasteiger partial charge in [0, 0.05) is 12.2 Å². The molecule has 0 saturated carbocycles. The lowest BCUT2D eigenvalue weighted by atomic mass is 10.1. The second-order valence-electron chi connectivity index (χ2n) is 5.86. The molecule has 0 aromatic heterocycles. The lowest BCUT2D eigenvalue weighted by molar-refractivity contribution is -0.118. The molecule has 0 saturated heterocycles. The van der Waals surface area contributed by atoms with Crippen molar-refractivity contribution < 1.29 is 14.3 Å². The Kier molecular flexibility index (Phi) is 8.02. The second kappa shape index (κ2) is 10.5. The van der Waals surface area contributed by atoms with E-state index >= 15 is 0 Å². The van der Waals surface area contributed by atoms with Gasteiger partial charge in [-0.15, -0.1) is 11.8 Å². The molecule has 0 aliphatic heterocycles. The van der Waals surface area contributed by atoms with Gasteiger partial charge in [-0.1, -0.05) is 29.8 Å². The Labute approximate surface area is 158 Å². The van der Waals surface area contributed by atoms with Crippen LogP contribution in [0.4, 0.5) is 5.69 Å². The number of methoxy groups -OCH3 is 1. The van der Waals surface area contributed by atoms with Gasteiger partial charge in [0.15, 0.2) is 0 Å². The number of hydrogen-bond donors (Lipinski definition) is 2. The van der Waals surface area contributed by atoms with Crippen molar-refractivity contribution in [1.82, 2.24) is 5.32 Å². The van der Waals surface area contributed by atoms with Crippen LogP contribution in [0, 0.1) is 6.92 Å². The average molecular weight is 372 g/mol. The van der Waals surface area contributed by atoms with Gasteiger partial charge in [-0.25, -0.2) is 0 Å². The summed E-state index contributed by atoms with van der Waals surface area (Å²) in [7, 11) is 1.63. The number of nitrogens with one attached hydrogen (secondary N) is 2. The number of aryl methyl sites for hydroxylation is 1. The molecule has 0 heterocycles. The Morgan fingerprint density at radius 1 is 0.962 bits per heavy atom. The Bertz CT molecular complexity index is 715. The molecule has 2 aromatic rings. The Morgan fingerprint density at radius 3 is 2.27 bits per heavy atom. The smallest absolute Gasteiger partial charge is 0.234 e. The molecule has 0 aliphatic carbocycles. The molecule has 0 atom stereocenters. The number of benzene rings is 2. The molecule has 2 N–H and O–H groups in total. The molecule has 0 bridgehead atoms. The van der Waals surface area contributed by atoms with Crippen molar-refractivity contribution >= 4 is 29.3 Å². The van der Waals surface area contributed by atoms with Crippen molar-refractivity contribution in [1.29, 1.82) is 0 Å². The minimum absolute atomic E-state index is 0.0633. The SMILES string of the molecule is COc1ccc(CCNC(=O)CSCC(=O)Nc2ccc(C)cc2)cc1. The van der Waals surface area contributed by atoms with E-state index in [0.29, 0.717) is 6.54 Å². The zero-order chi connectivity index (χ0) is 18.8. The largest absolute Gasteiger partial charge is 0.497 e. The molecule has 0 aliphatic rings. The molecule has 5 nitrogen and oxygen atoms in total. The summed E-state index contributed by atoms with van der Waals surface area (Å²) in [4.78, 5) is 23.7. The van der Waals surface area contributed by atoms with Gasteiger partial charge in [0.1, 0.15) is 5.75 Å². The van der Waals surface area contributed by atoms with Gasteiger partial charge in [-0.3, -0.25) is 9.59 Å². The lowest BCUT2D eigenvalue weighted by Crippen LogP contribution is -2.28. The first kappa shape index (κ1) is 19.8. The van der Waals surface area contributed by atoms with E-state index in [0.717, 1.165) is 29.0 Å². The Morgan fingerprint density at radius 2 is 1.62 bits per heavy atom. The van der Waals surface area contributed by atoms with Crippen molar-refractivity contribution in [3.8, 4) is 5.75 Å². The second-order valence-corrected chi connectivity index (χ2v) is 6.84. The molecule has 0 fully saturated rings. The molecule has 2 rings (SSSR count). The van der Waals surface area contributed by atoms with Crippen LogP contribution in [0.5, 0.6) is 5.75 Å². The van der Waals surface area contributed by atoms with Crippen molar-refractivity contribution in [2.45, 2.75) is 13.3 Å². The van der Waals surface area contributed by atoms with E-state index in [2.05, 4.69) is 10.6 Å². The maximum absolute atomic E-state index is 11.9. The van der Waals surface area contributed by atoms with Gasteiger partial charge in [0.2, 0.25) is 11.8 Å². The predicted octanol–water partition coefficient (Wildman–Crippen LogP) is 3.03. The van der Waals surface area contributed by atoms with E-state index in [9.17, 15) is 9.59 Å². The molecule has 6 heteroatoms. The van der Waals surface area contributed by atoms with Crippen molar-refractivity contribution in [2.75, 3.05) is 30.5 Å². The zero-order valence-electron chi connectivity index (χ0n) is 15.1. The summed E-state index contributed by atoms with van der Waals surface area (Å²) >= 11 is 1.30. The van der Waals surface area contributed by atoms with Crippen LogP contribution in [-0.2, 0) is 16.0 Å². The summed E-state index contributed by atoms with van der Waals surface area (Å²) in [6.45, 7) is 2.57. The molecule has 2 amide bonds. The highest BCUT2D eigenvalue weighted by Crippen LogP contribution is 2.11. The summed E-state index contributed by atoms with van der Waals surface area (Å²) < 4.78 is 5.11.